The van der Waals surface area contributed by atoms with Crippen molar-refractivity contribution in [3.63, 3.8) is 0 Å². The molecule has 0 unspecified atom stereocenters. The van der Waals surface area contributed by atoms with Crippen LogP contribution in [0.25, 0.3) is 0 Å². The van der Waals surface area contributed by atoms with Crippen molar-refractivity contribution in [3.8, 4) is 0 Å². The molecule has 274 valence electrons. The number of anilines is 2. The number of aryl methyl sites for hydroxylation is 1. The Kier molecular flexibility index (Phi) is 10.3. The van der Waals surface area contributed by atoms with Gasteiger partial charge >= 0.3 is 5.97 Å². The number of hydrogen-bond donors (Lipinski definition) is 3. The Morgan fingerprint density at radius 2 is 1.84 bits per heavy atom. The van der Waals surface area contributed by atoms with Crippen LogP contribution in [-0.4, -0.2) is 48.4 Å². The topological polar surface area (TPSA) is 148 Å². The van der Waals surface area contributed by atoms with Crippen LogP contribution in [0.5, 0.6) is 0 Å². The van der Waals surface area contributed by atoms with Gasteiger partial charge in [0.15, 0.2) is 5.82 Å². The minimum atomic E-state index is -3.80. The molecule has 12 heteroatoms. The van der Waals surface area contributed by atoms with Gasteiger partial charge in [-0.25, -0.2) is 8.42 Å². The van der Waals surface area contributed by atoms with Crippen LogP contribution in [0, 0.1) is 40.9 Å². The van der Waals surface area contributed by atoms with Crippen molar-refractivity contribution in [2.24, 2.45) is 34.0 Å². The molecule has 3 aliphatic rings. The van der Waals surface area contributed by atoms with E-state index in [-0.39, 0.29) is 51.4 Å². The molecular weight excluding hydrogens is 687 g/mol. The number of Topliss-reactive ketones (excluding diaryl/α,β-unsaturated/α-hetero) is 1. The number of aliphatic hydroxyl groups excluding tert-OH is 1. The highest BCUT2D eigenvalue weighted by Gasteiger charge is 2.68. The number of aromatic nitrogens is 1. The molecule has 10 nitrogen and oxygen atoms in total. The Balaban J connectivity index is 1.07. The van der Waals surface area contributed by atoms with Crippen molar-refractivity contribution < 1.29 is 32.4 Å². The monoisotopic (exact) mass is 735 g/mol. The number of aliphatic hydroxyl groups is 1. The van der Waals surface area contributed by atoms with Gasteiger partial charge < -0.3 is 19.7 Å². The fourth-order valence-corrected chi connectivity index (χ4v) is 10.8. The number of sulfonamides is 1. The first-order valence-corrected chi connectivity index (χ1v) is 20.1. The summed E-state index contributed by atoms with van der Waals surface area (Å²) in [6, 6.07) is 15.8. The standard InChI is InChI=1S/C39H49N3O7S2/c1-7-37(5)21-32(38(6)24(2)16-18-39(26(4)36(37)45)19-17-31(43)35(38)39)48-34(44)23-50-29-12-8-27(9-13-29)22-40-28-10-14-30(15-11-28)51(46,47)42-33-20-25(3)49-41-33/h7-15,20,24,26,32,35-36,40,45H,1,16-19,21-23H2,2-6H3,(H,41,42)/t24-,26+,32-,35+,36+,37-,38+,39+/m1/s1. The number of rotatable bonds is 11. The van der Waals surface area contributed by atoms with E-state index in [1.165, 1.54) is 30.0 Å². The van der Waals surface area contributed by atoms with E-state index in [0.29, 0.717) is 25.1 Å². The van der Waals surface area contributed by atoms with E-state index in [1.54, 1.807) is 19.1 Å². The van der Waals surface area contributed by atoms with Gasteiger partial charge in [-0.15, -0.1) is 18.3 Å². The first-order valence-electron chi connectivity index (χ1n) is 17.7. The number of ketones is 1. The molecule has 6 rings (SSSR count). The first-order chi connectivity index (χ1) is 24.1. The molecule has 3 aliphatic carbocycles. The van der Waals surface area contributed by atoms with Crippen LogP contribution in [0.1, 0.15) is 71.1 Å². The van der Waals surface area contributed by atoms with Crippen molar-refractivity contribution in [1.82, 2.24) is 5.16 Å². The van der Waals surface area contributed by atoms with E-state index in [0.717, 1.165) is 35.4 Å². The van der Waals surface area contributed by atoms with Crippen molar-refractivity contribution in [3.05, 3.63) is 78.6 Å². The number of hydrogen-bond acceptors (Lipinski definition) is 10. The average molecular weight is 736 g/mol. The van der Waals surface area contributed by atoms with Crippen molar-refractivity contribution >= 4 is 45.0 Å². The molecule has 0 spiro atoms. The third-order valence-corrected chi connectivity index (χ3v) is 14.7. The third kappa shape index (κ3) is 6.99. The number of carbonyl (C=O) groups excluding carboxylic acids is 2. The zero-order valence-electron chi connectivity index (χ0n) is 30.0. The molecule has 0 radical (unpaired) electrons. The lowest BCUT2D eigenvalue weighted by Crippen LogP contribution is -2.63. The Morgan fingerprint density at radius 3 is 2.49 bits per heavy atom. The van der Waals surface area contributed by atoms with Crippen LogP contribution in [0.2, 0.25) is 0 Å². The van der Waals surface area contributed by atoms with Crippen molar-refractivity contribution in [1.29, 1.82) is 0 Å². The van der Waals surface area contributed by atoms with Gasteiger partial charge in [0.05, 0.1) is 16.8 Å². The number of benzene rings is 2. The van der Waals surface area contributed by atoms with Gasteiger partial charge in [-0.1, -0.05) is 51.1 Å². The van der Waals surface area contributed by atoms with E-state index in [2.05, 4.69) is 42.5 Å². The fourth-order valence-electron chi connectivity index (χ4n) is 9.11. The predicted octanol–water partition coefficient (Wildman–Crippen LogP) is 7.39. The van der Waals surface area contributed by atoms with Crippen molar-refractivity contribution in [2.45, 2.75) is 95.3 Å². The normalized spacial score (nSPS) is 32.0. The molecule has 0 amide bonds. The molecule has 2 aromatic carbocycles. The number of ether oxygens (including phenoxy) is 1. The minimum Gasteiger partial charge on any atom is -0.461 e. The largest absolute Gasteiger partial charge is 0.461 e. The summed E-state index contributed by atoms with van der Waals surface area (Å²) in [6.07, 6.45) is 4.11. The van der Waals surface area contributed by atoms with Crippen molar-refractivity contribution in [2.75, 3.05) is 15.8 Å². The summed E-state index contributed by atoms with van der Waals surface area (Å²) in [5.74, 6) is 0.505. The Morgan fingerprint density at radius 1 is 1.14 bits per heavy atom. The SMILES string of the molecule is C=C[C@]1(C)C[C@@H](OC(=O)CSc2ccc(CNc3ccc(S(=O)(=O)Nc4cc(C)on4)cc3)cc2)[C@]2(C)[C@H](C)CC[C@]3(CCC(=O)[C@H]32)[C@@H](C)[C@@H]1O. The highest BCUT2D eigenvalue weighted by molar-refractivity contribution is 8.00. The third-order valence-electron chi connectivity index (χ3n) is 12.4. The fraction of sp³-hybridized carbons (Fsp3) is 0.513. The second-order valence-electron chi connectivity index (χ2n) is 15.3. The van der Waals surface area contributed by atoms with Crippen LogP contribution in [-0.2, 0) is 30.9 Å². The Labute approximate surface area is 305 Å². The molecule has 3 saturated carbocycles. The highest BCUT2D eigenvalue weighted by atomic mass is 32.2. The number of nitrogens with zero attached hydrogens (tertiary/aromatic N) is 1. The summed E-state index contributed by atoms with van der Waals surface area (Å²) in [7, 11) is -3.80. The van der Waals surface area contributed by atoms with Gasteiger partial charge in [-0.05, 0) is 91.8 Å². The second kappa shape index (κ2) is 14.1. The maximum atomic E-state index is 13.6. The van der Waals surface area contributed by atoms with Gasteiger partial charge in [-0.3, -0.25) is 14.3 Å². The number of nitrogens with one attached hydrogen (secondary N) is 2. The summed E-state index contributed by atoms with van der Waals surface area (Å²) >= 11 is 1.40. The lowest BCUT2D eigenvalue weighted by atomic mass is 9.44. The smallest absolute Gasteiger partial charge is 0.316 e. The zero-order valence-corrected chi connectivity index (χ0v) is 31.6. The molecule has 0 saturated heterocycles. The molecule has 3 N–H and O–H groups in total. The van der Waals surface area contributed by atoms with Crippen LogP contribution in [0.4, 0.5) is 11.5 Å². The van der Waals surface area contributed by atoms with Gasteiger partial charge in [0.25, 0.3) is 10.0 Å². The maximum absolute atomic E-state index is 13.6. The quantitative estimate of drug-likeness (QED) is 0.103. The number of carbonyl (C=O) groups is 2. The van der Waals surface area contributed by atoms with Crippen LogP contribution in [0.15, 0.2) is 81.6 Å². The Bertz CT molecular complexity index is 1880. The van der Waals surface area contributed by atoms with E-state index < -0.39 is 33.1 Å². The highest BCUT2D eigenvalue weighted by Crippen LogP contribution is 2.68. The van der Waals surface area contributed by atoms with Crippen LogP contribution in [0.3, 0.4) is 0 Å². The van der Waals surface area contributed by atoms with Gasteiger partial charge in [0, 0.05) is 46.4 Å². The summed E-state index contributed by atoms with van der Waals surface area (Å²) in [5.41, 5.74) is 0.253. The lowest BCUT2D eigenvalue weighted by molar-refractivity contribution is -0.205. The van der Waals surface area contributed by atoms with Crippen LogP contribution < -0.4 is 10.0 Å². The van der Waals surface area contributed by atoms with E-state index in [9.17, 15) is 23.1 Å². The molecule has 3 aromatic rings. The molecule has 0 aliphatic heterocycles. The average Bonchev–Trinajstić information content (AvgIpc) is 3.69. The lowest BCUT2D eigenvalue weighted by Gasteiger charge is -2.61. The summed E-state index contributed by atoms with van der Waals surface area (Å²) < 4.78 is 39.0. The molecule has 1 heterocycles. The maximum Gasteiger partial charge on any atom is 0.316 e. The van der Waals surface area contributed by atoms with Gasteiger partial charge in [0.2, 0.25) is 0 Å². The van der Waals surface area contributed by atoms with E-state index in [1.807, 2.05) is 37.3 Å². The predicted molar refractivity (Wildman–Crippen MR) is 198 cm³/mol. The van der Waals surface area contributed by atoms with Gasteiger partial charge in [-0.2, -0.15) is 0 Å². The summed E-state index contributed by atoms with van der Waals surface area (Å²) in [5, 5.41) is 18.7. The molecule has 51 heavy (non-hydrogen) atoms. The van der Waals surface area contributed by atoms with E-state index in [4.69, 9.17) is 9.26 Å². The van der Waals surface area contributed by atoms with E-state index >= 15 is 0 Å². The zero-order chi connectivity index (χ0) is 36.8. The summed E-state index contributed by atoms with van der Waals surface area (Å²) in [4.78, 5) is 28.2. The molecule has 8 atom stereocenters. The molecule has 3 fully saturated rings. The molecule has 2 bridgehead atoms. The van der Waals surface area contributed by atoms with Crippen LogP contribution >= 0.6 is 11.8 Å². The summed E-state index contributed by atoms with van der Waals surface area (Å²) in [6.45, 7) is 14.7. The molecule has 1 aromatic heterocycles. The number of esters is 1. The first kappa shape index (κ1) is 37.2. The number of thioether (sulfide) groups is 1. The minimum absolute atomic E-state index is 0.0722. The van der Waals surface area contributed by atoms with Gasteiger partial charge in [0.1, 0.15) is 17.6 Å². The second-order valence-corrected chi connectivity index (χ2v) is 18.0. The molecular formula is C39H49N3O7S2. The Hall–Kier alpha value is -3.61.